The molecule has 0 spiro atoms. The molecule has 2 aromatic rings. The molecule has 0 bridgehead atoms. The second kappa shape index (κ2) is 6.02. The van der Waals surface area contributed by atoms with E-state index >= 15 is 0 Å². The van der Waals surface area contributed by atoms with Crippen molar-refractivity contribution in [2.24, 2.45) is 5.16 Å². The number of carbonyl (C=O) groups excluding carboxylic acids is 1. The van der Waals surface area contributed by atoms with E-state index < -0.39 is 5.60 Å². The molecule has 0 aliphatic carbocycles. The van der Waals surface area contributed by atoms with Crippen LogP contribution in [0.2, 0.25) is 0 Å². The minimum absolute atomic E-state index is 0.147. The molecule has 1 N–H and O–H groups in total. The van der Waals surface area contributed by atoms with Gasteiger partial charge >= 0.3 is 0 Å². The van der Waals surface area contributed by atoms with Gasteiger partial charge in [-0.2, -0.15) is 0 Å². The quantitative estimate of drug-likeness (QED) is 0.942. The summed E-state index contributed by atoms with van der Waals surface area (Å²) in [6.45, 7) is 2.26. The molecule has 1 atom stereocenters. The first-order valence-corrected chi connectivity index (χ1v) is 7.30. The van der Waals surface area contributed by atoms with Crippen molar-refractivity contribution in [1.82, 2.24) is 5.32 Å². The lowest BCUT2D eigenvalue weighted by molar-refractivity contribution is -0.141. The second-order valence-corrected chi connectivity index (χ2v) is 5.57. The zero-order chi connectivity index (χ0) is 15.4. The maximum absolute atomic E-state index is 12.4. The van der Waals surface area contributed by atoms with E-state index in [1.165, 1.54) is 0 Å². The number of amides is 1. The van der Waals surface area contributed by atoms with E-state index in [1.54, 1.807) is 6.92 Å². The standard InChI is InChI=1S/C18H18N2O2/c1-18(17(21)19-13-14-8-4-2-5-9-14)12-16(20-22-18)15-10-6-3-7-11-15/h2-11H,12-13H2,1H3,(H,19,21)/t18-/m0/s1. The lowest BCUT2D eigenvalue weighted by atomic mass is 9.95. The number of nitrogens with one attached hydrogen (secondary N) is 1. The van der Waals surface area contributed by atoms with Crippen LogP contribution in [-0.4, -0.2) is 17.2 Å². The average Bonchev–Trinajstić information content (AvgIpc) is 2.98. The second-order valence-electron chi connectivity index (χ2n) is 5.57. The molecule has 0 saturated heterocycles. The number of nitrogens with zero attached hydrogens (tertiary/aromatic N) is 1. The Kier molecular flexibility index (Phi) is 3.92. The van der Waals surface area contributed by atoms with Crippen molar-refractivity contribution in [3.05, 3.63) is 71.8 Å². The van der Waals surface area contributed by atoms with Crippen LogP contribution in [0, 0.1) is 0 Å². The molecule has 1 aliphatic rings. The maximum atomic E-state index is 12.4. The van der Waals surface area contributed by atoms with Crippen molar-refractivity contribution in [3.63, 3.8) is 0 Å². The van der Waals surface area contributed by atoms with Gasteiger partial charge in [-0.15, -0.1) is 0 Å². The summed E-state index contributed by atoms with van der Waals surface area (Å²) in [5.41, 5.74) is 1.90. The van der Waals surface area contributed by atoms with Crippen LogP contribution in [0.3, 0.4) is 0 Å². The van der Waals surface area contributed by atoms with Crippen LogP contribution in [0.1, 0.15) is 24.5 Å². The molecule has 0 fully saturated rings. The Balaban J connectivity index is 1.62. The van der Waals surface area contributed by atoms with Gasteiger partial charge in [-0.3, -0.25) is 4.79 Å². The average molecular weight is 294 g/mol. The minimum atomic E-state index is -0.944. The van der Waals surface area contributed by atoms with Crippen LogP contribution < -0.4 is 5.32 Å². The SMILES string of the molecule is C[C@@]1(C(=O)NCc2ccccc2)CC(c2ccccc2)=NO1. The fourth-order valence-electron chi connectivity index (χ4n) is 2.41. The van der Waals surface area contributed by atoms with Crippen LogP contribution in [0.15, 0.2) is 65.8 Å². The molecular weight excluding hydrogens is 276 g/mol. The normalized spacial score (nSPS) is 20.1. The molecule has 22 heavy (non-hydrogen) atoms. The fraction of sp³-hybridized carbons (Fsp3) is 0.222. The molecular formula is C18H18N2O2. The predicted molar refractivity (Wildman–Crippen MR) is 85.4 cm³/mol. The van der Waals surface area contributed by atoms with Gasteiger partial charge in [0.1, 0.15) is 0 Å². The minimum Gasteiger partial charge on any atom is -0.379 e. The van der Waals surface area contributed by atoms with Gasteiger partial charge in [0.2, 0.25) is 5.60 Å². The van der Waals surface area contributed by atoms with E-state index in [2.05, 4.69) is 10.5 Å². The van der Waals surface area contributed by atoms with Crippen molar-refractivity contribution in [1.29, 1.82) is 0 Å². The van der Waals surface area contributed by atoms with Crippen LogP contribution in [0.4, 0.5) is 0 Å². The van der Waals surface area contributed by atoms with Gasteiger partial charge in [0.25, 0.3) is 5.91 Å². The zero-order valence-corrected chi connectivity index (χ0v) is 12.5. The summed E-state index contributed by atoms with van der Waals surface area (Å²) in [6, 6.07) is 19.6. The topological polar surface area (TPSA) is 50.7 Å². The van der Waals surface area contributed by atoms with Crippen molar-refractivity contribution >= 4 is 11.6 Å². The number of carbonyl (C=O) groups is 1. The van der Waals surface area contributed by atoms with E-state index in [9.17, 15) is 4.79 Å². The summed E-state index contributed by atoms with van der Waals surface area (Å²) in [5.74, 6) is -0.147. The van der Waals surface area contributed by atoms with Crippen molar-refractivity contribution in [2.75, 3.05) is 0 Å². The summed E-state index contributed by atoms with van der Waals surface area (Å²) < 4.78 is 0. The molecule has 1 aliphatic heterocycles. The van der Waals surface area contributed by atoms with Gasteiger partial charge < -0.3 is 10.2 Å². The first-order valence-electron chi connectivity index (χ1n) is 7.30. The van der Waals surface area contributed by atoms with E-state index in [-0.39, 0.29) is 5.91 Å². The van der Waals surface area contributed by atoms with Gasteiger partial charge in [0, 0.05) is 13.0 Å². The first-order chi connectivity index (χ1) is 10.7. The molecule has 1 heterocycles. The van der Waals surface area contributed by atoms with Crippen molar-refractivity contribution < 1.29 is 9.63 Å². The first kappa shape index (κ1) is 14.3. The van der Waals surface area contributed by atoms with Gasteiger partial charge in [0.15, 0.2) is 0 Å². The molecule has 4 heteroatoms. The van der Waals surface area contributed by atoms with Gasteiger partial charge in [-0.1, -0.05) is 65.8 Å². The van der Waals surface area contributed by atoms with Crippen LogP contribution in [0.25, 0.3) is 0 Å². The van der Waals surface area contributed by atoms with E-state index in [4.69, 9.17) is 4.84 Å². The van der Waals surface area contributed by atoms with E-state index in [0.29, 0.717) is 13.0 Å². The molecule has 4 nitrogen and oxygen atoms in total. The summed E-state index contributed by atoms with van der Waals surface area (Å²) >= 11 is 0. The van der Waals surface area contributed by atoms with Crippen LogP contribution >= 0.6 is 0 Å². The lowest BCUT2D eigenvalue weighted by Gasteiger charge is -2.20. The Morgan fingerprint density at radius 3 is 2.45 bits per heavy atom. The van der Waals surface area contributed by atoms with Gasteiger partial charge in [-0.25, -0.2) is 0 Å². The third kappa shape index (κ3) is 3.01. The fourth-order valence-corrected chi connectivity index (χ4v) is 2.41. The molecule has 1 amide bonds. The Morgan fingerprint density at radius 1 is 1.14 bits per heavy atom. The predicted octanol–water partition coefficient (Wildman–Crippen LogP) is 2.89. The zero-order valence-electron chi connectivity index (χ0n) is 12.5. The van der Waals surface area contributed by atoms with Crippen LogP contribution in [0.5, 0.6) is 0 Å². The molecule has 112 valence electrons. The molecule has 0 aromatic heterocycles. The third-order valence-electron chi connectivity index (χ3n) is 3.75. The monoisotopic (exact) mass is 294 g/mol. The molecule has 0 unspecified atom stereocenters. The largest absolute Gasteiger partial charge is 0.379 e. The smallest absolute Gasteiger partial charge is 0.267 e. The lowest BCUT2D eigenvalue weighted by Crippen LogP contribution is -2.44. The van der Waals surface area contributed by atoms with Crippen LogP contribution in [-0.2, 0) is 16.2 Å². The number of rotatable bonds is 4. The number of hydrogen-bond donors (Lipinski definition) is 1. The highest BCUT2D eigenvalue weighted by Gasteiger charge is 2.41. The van der Waals surface area contributed by atoms with E-state index in [1.807, 2.05) is 60.7 Å². The Bertz CT molecular complexity index is 683. The van der Waals surface area contributed by atoms with Crippen molar-refractivity contribution in [3.8, 4) is 0 Å². The number of benzene rings is 2. The van der Waals surface area contributed by atoms with Crippen molar-refractivity contribution in [2.45, 2.75) is 25.5 Å². The summed E-state index contributed by atoms with van der Waals surface area (Å²) in [7, 11) is 0. The highest BCUT2D eigenvalue weighted by Crippen LogP contribution is 2.26. The maximum Gasteiger partial charge on any atom is 0.267 e. The van der Waals surface area contributed by atoms with Gasteiger partial charge in [-0.05, 0) is 18.1 Å². The Labute approximate surface area is 129 Å². The molecule has 0 radical (unpaired) electrons. The number of oxime groups is 1. The Hall–Kier alpha value is -2.62. The highest BCUT2D eigenvalue weighted by molar-refractivity contribution is 6.05. The Morgan fingerprint density at radius 2 is 1.77 bits per heavy atom. The summed E-state index contributed by atoms with van der Waals surface area (Å²) in [4.78, 5) is 17.8. The molecule has 3 rings (SSSR count). The highest BCUT2D eigenvalue weighted by atomic mass is 16.7. The third-order valence-corrected chi connectivity index (χ3v) is 3.75. The van der Waals surface area contributed by atoms with Gasteiger partial charge in [0.05, 0.1) is 5.71 Å². The molecule has 0 saturated carbocycles. The molecule has 2 aromatic carbocycles. The summed E-state index contributed by atoms with van der Waals surface area (Å²) in [6.07, 6.45) is 0.470. The number of hydrogen-bond acceptors (Lipinski definition) is 3. The van der Waals surface area contributed by atoms with E-state index in [0.717, 1.165) is 16.8 Å². The summed E-state index contributed by atoms with van der Waals surface area (Å²) in [5, 5.41) is 7.01.